The summed E-state index contributed by atoms with van der Waals surface area (Å²) in [5.74, 6) is -0.101. The van der Waals surface area contributed by atoms with Crippen molar-refractivity contribution in [2.24, 2.45) is 0 Å². The fraction of sp³-hybridized carbons (Fsp3) is 0.375. The number of nitrogens with zero attached hydrogens (tertiary/aromatic N) is 1. The Morgan fingerprint density at radius 1 is 1.08 bits per heavy atom. The van der Waals surface area contributed by atoms with Crippen molar-refractivity contribution >= 4 is 37.6 Å². The van der Waals surface area contributed by atoms with Crippen molar-refractivity contribution in [2.45, 2.75) is 62.4 Å². The second kappa shape index (κ2) is 13.0. The average molecular weight is 587 g/mol. The quantitative estimate of drug-likeness (QED) is 0.301. The van der Waals surface area contributed by atoms with Gasteiger partial charge in [-0.15, -0.1) is 0 Å². The van der Waals surface area contributed by atoms with Crippen molar-refractivity contribution in [3.63, 3.8) is 0 Å². The Hall–Kier alpha value is -2.92. The molecular weight excluding hydrogens is 549 g/mol. The molecule has 7 heteroatoms. The molecule has 2 amide bonds. The van der Waals surface area contributed by atoms with E-state index in [2.05, 4.69) is 47.9 Å². The van der Waals surface area contributed by atoms with Gasteiger partial charge >= 0.3 is 220 Å². The molecule has 1 radical (unpaired) electrons. The Balaban J connectivity index is 1.33. The molecule has 203 valence electrons. The number of hydrogen-bond donors (Lipinski definition) is 3. The van der Waals surface area contributed by atoms with Gasteiger partial charge in [-0.05, 0) is 0 Å². The first-order chi connectivity index (χ1) is 19.0. The summed E-state index contributed by atoms with van der Waals surface area (Å²) in [6.45, 7) is 3.22. The summed E-state index contributed by atoms with van der Waals surface area (Å²) in [5, 5.41) is 19.1. The molecule has 5 rings (SSSR count). The summed E-state index contributed by atoms with van der Waals surface area (Å²) >= 11 is -0.0854. The van der Waals surface area contributed by atoms with E-state index in [1.54, 1.807) is 4.90 Å². The number of anilines is 1. The van der Waals surface area contributed by atoms with Gasteiger partial charge in [0.1, 0.15) is 0 Å². The van der Waals surface area contributed by atoms with E-state index in [0.29, 0.717) is 31.5 Å². The minimum atomic E-state index is -0.772. The van der Waals surface area contributed by atoms with Crippen LogP contribution < -0.4 is 19.9 Å². The number of carbonyl (C=O) groups is 2. The molecule has 1 saturated heterocycles. The van der Waals surface area contributed by atoms with E-state index < -0.39 is 12.1 Å². The van der Waals surface area contributed by atoms with Gasteiger partial charge in [-0.1, -0.05) is 18.2 Å². The molecular formula is C32H37AsN3O3. The first kappa shape index (κ1) is 27.6. The van der Waals surface area contributed by atoms with Gasteiger partial charge in [0.2, 0.25) is 0 Å². The molecule has 39 heavy (non-hydrogen) atoms. The number of fused-ring (bicyclic) bond motifs is 1. The van der Waals surface area contributed by atoms with Crippen molar-refractivity contribution in [3.8, 4) is 0 Å². The van der Waals surface area contributed by atoms with Crippen LogP contribution in [0.1, 0.15) is 59.3 Å². The van der Waals surface area contributed by atoms with Crippen LogP contribution >= 0.6 is 0 Å². The Morgan fingerprint density at radius 3 is 2.64 bits per heavy atom. The third kappa shape index (κ3) is 6.81. The number of aliphatic hydroxyl groups excluding tert-OH is 1. The molecule has 1 fully saturated rings. The topological polar surface area (TPSA) is 81.7 Å². The van der Waals surface area contributed by atoms with Gasteiger partial charge < -0.3 is 0 Å². The van der Waals surface area contributed by atoms with E-state index >= 15 is 0 Å². The monoisotopic (exact) mass is 586 g/mol. The van der Waals surface area contributed by atoms with Gasteiger partial charge in [-0.2, -0.15) is 0 Å². The molecule has 1 aliphatic carbocycles. The van der Waals surface area contributed by atoms with Crippen LogP contribution in [-0.4, -0.2) is 57.9 Å². The third-order valence-corrected chi connectivity index (χ3v) is 9.65. The summed E-state index contributed by atoms with van der Waals surface area (Å²) in [6, 6.07) is 24.0. The Kier molecular flexibility index (Phi) is 9.18. The zero-order valence-corrected chi connectivity index (χ0v) is 24.4. The van der Waals surface area contributed by atoms with Gasteiger partial charge in [0, 0.05) is 0 Å². The van der Waals surface area contributed by atoms with Crippen LogP contribution in [-0.2, 0) is 17.6 Å². The molecule has 0 spiro atoms. The number of nitrogens with one attached hydrogen (secondary N) is 2. The van der Waals surface area contributed by atoms with E-state index in [0.717, 1.165) is 40.1 Å². The number of carbonyl (C=O) groups excluding carboxylic acids is 2. The molecule has 1 aliphatic heterocycles. The number of benzene rings is 3. The molecule has 2 aliphatic rings. The number of amides is 2. The third-order valence-electron chi connectivity index (χ3n) is 7.68. The molecule has 1 heterocycles. The van der Waals surface area contributed by atoms with Crippen molar-refractivity contribution < 1.29 is 14.7 Å². The maximum absolute atomic E-state index is 13.6. The van der Waals surface area contributed by atoms with Gasteiger partial charge in [-0.25, -0.2) is 0 Å². The first-order valence-corrected chi connectivity index (χ1v) is 16.3. The number of aliphatic hydroxyl groups is 1. The van der Waals surface area contributed by atoms with Crippen LogP contribution in [0.5, 0.6) is 0 Å². The molecule has 3 N–H and O–H groups in total. The molecule has 0 unspecified atom stereocenters. The van der Waals surface area contributed by atoms with Crippen molar-refractivity contribution in [3.05, 3.63) is 95.1 Å². The molecule has 0 bridgehead atoms. The van der Waals surface area contributed by atoms with E-state index in [9.17, 15) is 14.7 Å². The number of hydrogen-bond acceptors (Lipinski definition) is 4. The van der Waals surface area contributed by atoms with E-state index in [4.69, 9.17) is 0 Å². The predicted molar refractivity (Wildman–Crippen MR) is 157 cm³/mol. The standard InChI is InChI=1S/C32H37AsN3O3/c1-2-33-25-18-24(19-26(20-25)36-16-8-13-31(36)38)32(39)35-29(17-22-9-4-3-5-10-22)30(37)21-34-28-15-14-23-11-6-7-12-27(23)28/h3-7,9-12,18-20,28-30,34,37H,2,8,13-17,21H2,1H3,(H,35,39)/t28-,29+,30+/m1/s1. The van der Waals surface area contributed by atoms with E-state index in [1.807, 2.05) is 42.5 Å². The Bertz CT molecular complexity index is 1300. The molecule has 0 aromatic heterocycles. The molecule has 6 nitrogen and oxygen atoms in total. The van der Waals surface area contributed by atoms with E-state index in [-0.39, 0.29) is 33.6 Å². The normalized spacial score (nSPS) is 18.5. The van der Waals surface area contributed by atoms with Crippen molar-refractivity contribution in [1.82, 2.24) is 10.6 Å². The number of aryl methyl sites for hydroxylation is 1. The Labute approximate surface area is 237 Å². The van der Waals surface area contributed by atoms with Crippen LogP contribution in [0.3, 0.4) is 0 Å². The number of rotatable bonds is 11. The van der Waals surface area contributed by atoms with Crippen LogP contribution in [0, 0.1) is 0 Å². The molecule has 3 aromatic rings. The predicted octanol–water partition coefficient (Wildman–Crippen LogP) is 3.56. The van der Waals surface area contributed by atoms with Gasteiger partial charge in [0.05, 0.1) is 0 Å². The van der Waals surface area contributed by atoms with E-state index in [1.165, 1.54) is 11.1 Å². The zero-order valence-electron chi connectivity index (χ0n) is 22.5. The van der Waals surface area contributed by atoms with Gasteiger partial charge in [0.25, 0.3) is 0 Å². The second-order valence-corrected chi connectivity index (χ2v) is 13.5. The van der Waals surface area contributed by atoms with Gasteiger partial charge in [0.15, 0.2) is 0 Å². The summed E-state index contributed by atoms with van der Waals surface area (Å²) in [5.41, 5.74) is 5.08. The zero-order chi connectivity index (χ0) is 27.2. The van der Waals surface area contributed by atoms with Gasteiger partial charge in [-0.3, -0.25) is 0 Å². The van der Waals surface area contributed by atoms with Crippen LogP contribution in [0.4, 0.5) is 5.69 Å². The fourth-order valence-electron chi connectivity index (χ4n) is 5.65. The van der Waals surface area contributed by atoms with Crippen molar-refractivity contribution in [1.29, 1.82) is 0 Å². The summed E-state index contributed by atoms with van der Waals surface area (Å²) in [6.07, 6.45) is 3.19. The molecule has 3 atom stereocenters. The maximum atomic E-state index is 13.6. The molecule has 3 aromatic carbocycles. The minimum absolute atomic E-state index is 0.0854. The summed E-state index contributed by atoms with van der Waals surface area (Å²) in [7, 11) is 0. The van der Waals surface area contributed by atoms with Crippen LogP contribution in [0.2, 0.25) is 5.21 Å². The van der Waals surface area contributed by atoms with Crippen molar-refractivity contribution in [2.75, 3.05) is 18.0 Å². The van der Waals surface area contributed by atoms with Crippen LogP contribution in [0.25, 0.3) is 0 Å². The first-order valence-electron chi connectivity index (χ1n) is 14.0. The fourth-order valence-corrected chi connectivity index (χ4v) is 7.37. The summed E-state index contributed by atoms with van der Waals surface area (Å²) in [4.78, 5) is 27.9. The summed E-state index contributed by atoms with van der Waals surface area (Å²) < 4.78 is 1.14. The second-order valence-electron chi connectivity index (χ2n) is 10.4. The Morgan fingerprint density at radius 2 is 1.87 bits per heavy atom. The average Bonchev–Trinajstić information content (AvgIpc) is 3.58. The van der Waals surface area contributed by atoms with Crippen LogP contribution in [0.15, 0.2) is 72.8 Å². The SMILES string of the molecule is CC[As]c1cc(C(=O)N[C@@H](Cc2ccccc2)[C@@H](O)CN[C@@H]2CCc3ccccc32)cc(N2CCCC2=O)c1. The molecule has 0 saturated carbocycles.